The molecule has 0 spiro atoms. The Bertz CT molecular complexity index is 682. The van der Waals surface area contributed by atoms with Gasteiger partial charge >= 0.3 is 12.1 Å². The van der Waals surface area contributed by atoms with Gasteiger partial charge in [0.1, 0.15) is 17.4 Å². The van der Waals surface area contributed by atoms with Crippen LogP contribution in [-0.4, -0.2) is 29.3 Å². The summed E-state index contributed by atoms with van der Waals surface area (Å²) in [4.78, 5) is 21.4. The molecule has 1 aromatic rings. The van der Waals surface area contributed by atoms with E-state index in [1.54, 1.807) is 0 Å². The summed E-state index contributed by atoms with van der Waals surface area (Å²) in [5.74, 6) is -3.59. The zero-order valence-corrected chi connectivity index (χ0v) is 10.9. The molecule has 7 nitrogen and oxygen atoms in total. The number of non-ortho nitro benzene ring substituents is 1. The Labute approximate surface area is 120 Å². The number of alkyl halides is 3. The van der Waals surface area contributed by atoms with E-state index in [-0.39, 0.29) is 5.56 Å². The molecule has 1 aromatic carbocycles. The number of rotatable bonds is 2. The number of carbonyl (C=O) groups excluding carboxylic acids is 1. The number of hydrogen-bond donors (Lipinski definition) is 1. The fourth-order valence-corrected chi connectivity index (χ4v) is 1.93. The molecule has 10 heteroatoms. The minimum Gasteiger partial charge on any atom is -0.465 e. The Kier molecular flexibility index (Phi) is 3.79. The number of ether oxygens (including phenoxy) is 2. The van der Waals surface area contributed by atoms with Crippen molar-refractivity contribution in [3.8, 4) is 5.75 Å². The first-order chi connectivity index (χ1) is 10.2. The first kappa shape index (κ1) is 15.8. The summed E-state index contributed by atoms with van der Waals surface area (Å²) in [7, 11) is 0.832. The zero-order valence-electron chi connectivity index (χ0n) is 10.9. The van der Waals surface area contributed by atoms with Crippen LogP contribution in [0.3, 0.4) is 0 Å². The molecular formula is C12H8F3NO6. The highest BCUT2D eigenvalue weighted by atomic mass is 19.4. The Morgan fingerprint density at radius 2 is 2.09 bits per heavy atom. The summed E-state index contributed by atoms with van der Waals surface area (Å²) in [6, 6.07) is 2.66. The molecule has 1 N–H and O–H groups in total. The number of nitro groups is 1. The van der Waals surface area contributed by atoms with E-state index in [0.717, 1.165) is 25.3 Å². The summed E-state index contributed by atoms with van der Waals surface area (Å²) in [5.41, 5.74) is -1.97. The Morgan fingerprint density at radius 3 is 2.59 bits per heavy atom. The highest BCUT2D eigenvalue weighted by Crippen LogP contribution is 2.44. The third-order valence-electron chi connectivity index (χ3n) is 2.89. The van der Waals surface area contributed by atoms with Gasteiger partial charge in [0.05, 0.1) is 12.0 Å². The first-order valence-electron chi connectivity index (χ1n) is 5.70. The van der Waals surface area contributed by atoms with Gasteiger partial charge in [-0.15, -0.1) is 0 Å². The number of hydrogen-bond acceptors (Lipinski definition) is 6. The van der Waals surface area contributed by atoms with E-state index in [1.165, 1.54) is 0 Å². The van der Waals surface area contributed by atoms with Crippen LogP contribution in [0.15, 0.2) is 29.5 Å². The van der Waals surface area contributed by atoms with Crippen molar-refractivity contribution in [1.82, 2.24) is 0 Å². The third kappa shape index (κ3) is 2.60. The predicted molar refractivity (Wildman–Crippen MR) is 63.8 cm³/mol. The number of nitrogens with zero attached hydrogens (tertiary/aromatic N) is 1. The van der Waals surface area contributed by atoms with Crippen molar-refractivity contribution in [3.05, 3.63) is 45.2 Å². The van der Waals surface area contributed by atoms with Gasteiger partial charge < -0.3 is 14.6 Å². The zero-order chi connectivity index (χ0) is 16.7. The second kappa shape index (κ2) is 5.30. The second-order valence-electron chi connectivity index (χ2n) is 4.22. The van der Waals surface area contributed by atoms with Gasteiger partial charge in [-0.05, 0) is 6.07 Å². The van der Waals surface area contributed by atoms with Gasteiger partial charge in [0.15, 0.2) is 0 Å². The van der Waals surface area contributed by atoms with Crippen LogP contribution >= 0.6 is 0 Å². The monoisotopic (exact) mass is 319 g/mol. The second-order valence-corrected chi connectivity index (χ2v) is 4.22. The molecule has 22 heavy (non-hydrogen) atoms. The average Bonchev–Trinajstić information content (AvgIpc) is 2.44. The number of methoxy groups -OCH3 is 1. The Balaban J connectivity index is 2.63. The van der Waals surface area contributed by atoms with Gasteiger partial charge in [-0.2, -0.15) is 13.2 Å². The number of aliphatic hydroxyl groups excluding tert-OH is 1. The number of fused-ring (bicyclic) bond motifs is 1. The van der Waals surface area contributed by atoms with Crippen LogP contribution in [-0.2, 0) is 9.53 Å². The molecular weight excluding hydrogens is 311 g/mol. The van der Waals surface area contributed by atoms with Gasteiger partial charge in [-0.1, -0.05) is 0 Å². The van der Waals surface area contributed by atoms with E-state index in [0.29, 0.717) is 0 Å². The minimum absolute atomic E-state index is 0.331. The molecule has 118 valence electrons. The Morgan fingerprint density at radius 1 is 1.45 bits per heavy atom. The summed E-state index contributed by atoms with van der Waals surface area (Å²) < 4.78 is 47.7. The smallest absolute Gasteiger partial charge is 0.450 e. The molecule has 1 unspecified atom stereocenters. The number of carbonyl (C=O) groups is 1. The highest BCUT2D eigenvalue weighted by Gasteiger charge is 2.47. The van der Waals surface area contributed by atoms with Crippen molar-refractivity contribution in [2.24, 2.45) is 0 Å². The number of allylic oxidation sites excluding steroid dienone is 1. The largest absolute Gasteiger partial charge is 0.465 e. The fourth-order valence-electron chi connectivity index (χ4n) is 1.93. The predicted octanol–water partition coefficient (Wildman–Crippen LogP) is 2.01. The van der Waals surface area contributed by atoms with E-state index in [1.807, 2.05) is 0 Å². The lowest BCUT2D eigenvalue weighted by Crippen LogP contribution is -2.30. The molecule has 0 fully saturated rings. The first-order valence-corrected chi connectivity index (χ1v) is 5.70. The molecule has 1 heterocycles. The maximum absolute atomic E-state index is 13.0. The van der Waals surface area contributed by atoms with E-state index in [9.17, 15) is 33.2 Å². The quantitative estimate of drug-likeness (QED) is 0.508. The van der Waals surface area contributed by atoms with Gasteiger partial charge in [0, 0.05) is 17.7 Å². The molecule has 2 rings (SSSR count). The van der Waals surface area contributed by atoms with Crippen LogP contribution in [0, 0.1) is 10.1 Å². The minimum atomic E-state index is -5.05. The molecule has 0 bridgehead atoms. The molecule has 0 aliphatic carbocycles. The number of esters is 1. The van der Waals surface area contributed by atoms with Crippen molar-refractivity contribution in [2.75, 3.05) is 7.11 Å². The molecule has 0 saturated carbocycles. The van der Waals surface area contributed by atoms with Crippen LogP contribution < -0.4 is 4.74 Å². The van der Waals surface area contributed by atoms with Gasteiger partial charge in [0.25, 0.3) is 5.69 Å². The lowest BCUT2D eigenvalue weighted by atomic mass is 9.96. The molecule has 0 aromatic heterocycles. The maximum Gasteiger partial charge on any atom is 0.450 e. The van der Waals surface area contributed by atoms with Crippen molar-refractivity contribution in [2.45, 2.75) is 12.3 Å². The highest BCUT2D eigenvalue weighted by molar-refractivity contribution is 5.91. The third-order valence-corrected chi connectivity index (χ3v) is 2.89. The number of benzene rings is 1. The topological polar surface area (TPSA) is 98.9 Å². The van der Waals surface area contributed by atoms with Crippen LogP contribution in [0.25, 0.3) is 0 Å². The number of nitro benzene ring substituents is 1. The lowest BCUT2D eigenvalue weighted by Gasteiger charge is -2.27. The average molecular weight is 319 g/mol. The van der Waals surface area contributed by atoms with Crippen LogP contribution in [0.2, 0.25) is 0 Å². The van der Waals surface area contributed by atoms with E-state index >= 15 is 0 Å². The molecule has 0 amide bonds. The van der Waals surface area contributed by atoms with E-state index < -0.39 is 45.9 Å². The van der Waals surface area contributed by atoms with Crippen molar-refractivity contribution in [3.63, 3.8) is 0 Å². The number of halogens is 3. The van der Waals surface area contributed by atoms with Gasteiger partial charge in [-0.25, -0.2) is 4.79 Å². The Hall–Kier alpha value is -2.62. The van der Waals surface area contributed by atoms with Crippen molar-refractivity contribution in [1.29, 1.82) is 0 Å². The molecule has 1 atom stereocenters. The summed E-state index contributed by atoms with van der Waals surface area (Å²) in [6.45, 7) is 0. The molecule has 1 aliphatic heterocycles. The standard InChI is InChI=1S/C12H8F3NO6/c1-21-11(18)8-9(17)6-4-5(16(19)20)2-3-7(6)22-10(8)12(13,14)15/h2-4,9,17H,1H3. The van der Waals surface area contributed by atoms with E-state index in [2.05, 4.69) is 9.47 Å². The van der Waals surface area contributed by atoms with Gasteiger partial charge in [-0.3, -0.25) is 10.1 Å². The molecule has 0 radical (unpaired) electrons. The van der Waals surface area contributed by atoms with Gasteiger partial charge in [0.2, 0.25) is 5.76 Å². The lowest BCUT2D eigenvalue weighted by molar-refractivity contribution is -0.385. The van der Waals surface area contributed by atoms with E-state index in [4.69, 9.17) is 0 Å². The number of aliphatic hydroxyl groups is 1. The SMILES string of the molecule is COC(=O)C1=C(C(F)(F)F)Oc2ccc([N+](=O)[O-])cc2C1O. The van der Waals surface area contributed by atoms with Crippen LogP contribution in [0.4, 0.5) is 18.9 Å². The summed E-state index contributed by atoms with van der Waals surface area (Å²) in [6.07, 6.45) is -7.11. The molecule has 1 aliphatic rings. The summed E-state index contributed by atoms with van der Waals surface area (Å²) in [5, 5.41) is 20.7. The van der Waals surface area contributed by atoms with Crippen LogP contribution in [0.1, 0.15) is 11.7 Å². The summed E-state index contributed by atoms with van der Waals surface area (Å²) >= 11 is 0. The van der Waals surface area contributed by atoms with Crippen LogP contribution in [0.5, 0.6) is 5.75 Å². The van der Waals surface area contributed by atoms with Crippen molar-refractivity contribution < 1.29 is 37.5 Å². The normalized spacial score (nSPS) is 17.6. The maximum atomic E-state index is 13.0. The fraction of sp³-hybridized carbons (Fsp3) is 0.250. The van der Waals surface area contributed by atoms with Crippen molar-refractivity contribution >= 4 is 11.7 Å². The molecule has 0 saturated heterocycles.